The average molecular weight is 587 g/mol. The van der Waals surface area contributed by atoms with Crippen LogP contribution in [0.25, 0.3) is 11.4 Å². The summed E-state index contributed by atoms with van der Waals surface area (Å²) in [4.78, 5) is 66.4. The van der Waals surface area contributed by atoms with Crippen LogP contribution in [0.4, 0.5) is 11.4 Å². The van der Waals surface area contributed by atoms with Gasteiger partial charge in [-0.3, -0.25) is 23.9 Å². The first-order chi connectivity index (χ1) is 20.8. The van der Waals surface area contributed by atoms with Crippen LogP contribution in [-0.4, -0.2) is 59.3 Å². The highest BCUT2D eigenvalue weighted by Crippen LogP contribution is 2.24. The van der Waals surface area contributed by atoms with E-state index in [1.165, 1.54) is 23.1 Å². The van der Waals surface area contributed by atoms with Gasteiger partial charge >= 0.3 is 17.7 Å². The van der Waals surface area contributed by atoms with Gasteiger partial charge in [-0.15, -0.1) is 0 Å². The zero-order valence-corrected chi connectivity index (χ0v) is 22.9. The van der Waals surface area contributed by atoms with Gasteiger partial charge in [0, 0.05) is 30.4 Å². The Morgan fingerprint density at radius 2 is 1.81 bits per heavy atom. The van der Waals surface area contributed by atoms with Crippen molar-refractivity contribution in [2.24, 2.45) is 0 Å². The fourth-order valence-corrected chi connectivity index (χ4v) is 4.40. The number of nitrogens with zero attached hydrogens (tertiary/aromatic N) is 2. The molecule has 2 atom stereocenters. The molecule has 1 aliphatic heterocycles. The Hall–Kier alpha value is -5.56. The molecule has 0 radical (unpaired) electrons. The van der Waals surface area contributed by atoms with Crippen LogP contribution in [0.5, 0.6) is 0 Å². The van der Waals surface area contributed by atoms with E-state index in [9.17, 15) is 24.0 Å². The van der Waals surface area contributed by atoms with Crippen LogP contribution >= 0.6 is 0 Å². The Kier molecular flexibility index (Phi) is 8.72. The first-order valence-electron chi connectivity index (χ1n) is 13.2. The number of aromatic amines is 1. The SMILES string of the molecule is CC(=O)O[C@@H](C(=O)Nc1ccc(-c2noc(=O)[nH]2)cc1)[C@H]1OCCN(c2cccc(C(=O)OCc3ccccc3)c2)C1=O. The average Bonchev–Trinajstić information content (AvgIpc) is 3.46. The summed E-state index contributed by atoms with van der Waals surface area (Å²) in [5, 5.41) is 6.22. The molecule has 2 N–H and O–H groups in total. The minimum absolute atomic E-state index is 0.0364. The summed E-state index contributed by atoms with van der Waals surface area (Å²) in [6.07, 6.45) is -3.07. The number of amides is 2. The molecule has 220 valence electrons. The molecule has 3 aromatic carbocycles. The zero-order chi connectivity index (χ0) is 30.3. The molecular weight excluding hydrogens is 560 g/mol. The molecule has 0 saturated carbocycles. The topological polar surface area (TPSA) is 170 Å². The molecule has 2 heterocycles. The molecule has 1 fully saturated rings. The van der Waals surface area contributed by atoms with Crippen LogP contribution in [0.3, 0.4) is 0 Å². The molecule has 0 unspecified atom stereocenters. The molecule has 0 spiro atoms. The number of hydrogen-bond acceptors (Lipinski definition) is 10. The van der Waals surface area contributed by atoms with E-state index in [0.717, 1.165) is 12.5 Å². The molecule has 1 saturated heterocycles. The fraction of sp³-hybridized carbons (Fsp3) is 0.200. The molecular formula is C30H26N4O9. The maximum absolute atomic E-state index is 13.6. The van der Waals surface area contributed by atoms with Crippen molar-refractivity contribution in [1.82, 2.24) is 10.1 Å². The van der Waals surface area contributed by atoms with Gasteiger partial charge in [0.2, 0.25) is 6.10 Å². The van der Waals surface area contributed by atoms with Crippen molar-refractivity contribution in [3.63, 3.8) is 0 Å². The lowest BCUT2D eigenvalue weighted by Crippen LogP contribution is -2.56. The number of rotatable bonds is 9. The highest BCUT2D eigenvalue weighted by Gasteiger charge is 2.42. The summed E-state index contributed by atoms with van der Waals surface area (Å²) in [6, 6.07) is 21.8. The van der Waals surface area contributed by atoms with Gasteiger partial charge in [-0.1, -0.05) is 41.6 Å². The van der Waals surface area contributed by atoms with E-state index in [2.05, 4.69) is 20.0 Å². The number of aromatic nitrogens is 2. The van der Waals surface area contributed by atoms with E-state index in [1.54, 1.807) is 30.3 Å². The number of nitrogens with one attached hydrogen (secondary N) is 2. The van der Waals surface area contributed by atoms with Crippen molar-refractivity contribution in [2.75, 3.05) is 23.4 Å². The predicted molar refractivity (Wildman–Crippen MR) is 151 cm³/mol. The lowest BCUT2D eigenvalue weighted by atomic mass is 10.1. The van der Waals surface area contributed by atoms with E-state index in [-0.39, 0.29) is 31.1 Å². The second-order valence-corrected chi connectivity index (χ2v) is 9.43. The lowest BCUT2D eigenvalue weighted by Gasteiger charge is -2.35. The molecule has 0 aliphatic carbocycles. The minimum Gasteiger partial charge on any atom is -0.457 e. The molecule has 13 nitrogen and oxygen atoms in total. The first-order valence-corrected chi connectivity index (χ1v) is 13.2. The number of esters is 2. The van der Waals surface area contributed by atoms with Crippen molar-refractivity contribution in [3.8, 4) is 11.4 Å². The molecule has 0 bridgehead atoms. The summed E-state index contributed by atoms with van der Waals surface area (Å²) in [6.45, 7) is 1.38. The molecule has 1 aromatic heterocycles. The summed E-state index contributed by atoms with van der Waals surface area (Å²) in [5.74, 6) is -3.29. The van der Waals surface area contributed by atoms with Crippen molar-refractivity contribution < 1.29 is 37.9 Å². The van der Waals surface area contributed by atoms with Crippen molar-refractivity contribution in [1.29, 1.82) is 0 Å². The van der Waals surface area contributed by atoms with Gasteiger partial charge in [0.1, 0.15) is 6.61 Å². The Balaban J connectivity index is 1.29. The van der Waals surface area contributed by atoms with E-state index in [0.29, 0.717) is 16.9 Å². The van der Waals surface area contributed by atoms with E-state index in [1.807, 2.05) is 30.3 Å². The molecule has 13 heteroatoms. The smallest absolute Gasteiger partial charge is 0.439 e. The number of anilines is 2. The summed E-state index contributed by atoms with van der Waals surface area (Å²) in [5.41, 5.74) is 2.29. The maximum atomic E-state index is 13.6. The number of carbonyl (C=O) groups excluding carboxylic acids is 4. The molecule has 5 rings (SSSR count). The minimum atomic E-state index is -1.61. The third-order valence-electron chi connectivity index (χ3n) is 6.42. The zero-order valence-electron chi connectivity index (χ0n) is 22.9. The Labute approximate surface area is 244 Å². The Bertz CT molecular complexity index is 1680. The quantitative estimate of drug-likeness (QED) is 0.278. The number of carbonyl (C=O) groups is 4. The van der Waals surface area contributed by atoms with Gasteiger partial charge in [0.05, 0.1) is 12.2 Å². The lowest BCUT2D eigenvalue weighted by molar-refractivity contribution is -0.167. The summed E-state index contributed by atoms with van der Waals surface area (Å²) >= 11 is 0. The normalized spacial score (nSPS) is 15.4. The van der Waals surface area contributed by atoms with Gasteiger partial charge in [0.25, 0.3) is 11.8 Å². The van der Waals surface area contributed by atoms with E-state index >= 15 is 0 Å². The maximum Gasteiger partial charge on any atom is 0.439 e. The van der Waals surface area contributed by atoms with Crippen LogP contribution in [0.2, 0.25) is 0 Å². The number of morpholine rings is 1. The Morgan fingerprint density at radius 1 is 1.05 bits per heavy atom. The predicted octanol–water partition coefficient (Wildman–Crippen LogP) is 2.69. The second kappa shape index (κ2) is 13.0. The fourth-order valence-electron chi connectivity index (χ4n) is 4.40. The van der Waals surface area contributed by atoms with Crippen LogP contribution in [-0.2, 0) is 35.2 Å². The molecule has 1 aliphatic rings. The van der Waals surface area contributed by atoms with E-state index < -0.39 is 41.7 Å². The van der Waals surface area contributed by atoms with Crippen LogP contribution < -0.4 is 16.0 Å². The number of benzene rings is 3. The number of ether oxygens (including phenoxy) is 3. The van der Waals surface area contributed by atoms with E-state index in [4.69, 9.17) is 14.2 Å². The van der Waals surface area contributed by atoms with Gasteiger partial charge in [0.15, 0.2) is 11.9 Å². The highest BCUT2D eigenvalue weighted by atomic mass is 16.6. The standard InChI is InChI=1S/C30H26N4O9/c1-18(35)42-24(27(36)31-22-12-10-20(11-13-22)26-32-30(39)43-33-26)25-28(37)34(14-15-40-25)23-9-5-8-21(16-23)29(38)41-17-19-6-3-2-4-7-19/h2-13,16,24-25H,14-15,17H2,1H3,(H,31,36)(H,32,33,39)/t24-,25-/m1/s1. The largest absolute Gasteiger partial charge is 0.457 e. The van der Waals surface area contributed by atoms with Crippen molar-refractivity contribution in [3.05, 3.63) is 101 Å². The van der Waals surface area contributed by atoms with Crippen LogP contribution in [0.15, 0.2) is 88.2 Å². The van der Waals surface area contributed by atoms with Crippen LogP contribution in [0.1, 0.15) is 22.8 Å². The second-order valence-electron chi connectivity index (χ2n) is 9.43. The summed E-state index contributed by atoms with van der Waals surface area (Å²) in [7, 11) is 0. The monoisotopic (exact) mass is 586 g/mol. The molecule has 4 aromatic rings. The molecule has 2 amide bonds. The number of hydrogen-bond donors (Lipinski definition) is 2. The Morgan fingerprint density at radius 3 is 2.51 bits per heavy atom. The third-order valence-corrected chi connectivity index (χ3v) is 6.42. The van der Waals surface area contributed by atoms with Gasteiger partial charge in [-0.2, -0.15) is 0 Å². The third kappa shape index (κ3) is 7.02. The first kappa shape index (κ1) is 29.0. The summed E-state index contributed by atoms with van der Waals surface area (Å²) < 4.78 is 20.8. The van der Waals surface area contributed by atoms with Crippen LogP contribution in [0, 0.1) is 0 Å². The van der Waals surface area contributed by atoms with Gasteiger partial charge in [-0.25, -0.2) is 9.59 Å². The van der Waals surface area contributed by atoms with Gasteiger partial charge in [-0.05, 0) is 48.0 Å². The van der Waals surface area contributed by atoms with Crippen molar-refractivity contribution >= 4 is 35.1 Å². The van der Waals surface area contributed by atoms with Gasteiger partial charge < -0.3 is 24.4 Å². The number of H-pyrrole nitrogens is 1. The molecule has 43 heavy (non-hydrogen) atoms. The van der Waals surface area contributed by atoms with Crippen molar-refractivity contribution in [2.45, 2.75) is 25.7 Å². The highest BCUT2D eigenvalue weighted by molar-refractivity contribution is 6.05.